The molecule has 0 fully saturated rings. The van der Waals surface area contributed by atoms with Gasteiger partial charge in [0.1, 0.15) is 5.60 Å². The Hall–Kier alpha value is -0.570. The van der Waals surface area contributed by atoms with Gasteiger partial charge in [0.25, 0.3) is 0 Å². The van der Waals surface area contributed by atoms with Crippen LogP contribution in [-0.2, 0) is 9.53 Å². The zero-order valence-electron chi connectivity index (χ0n) is 9.13. The van der Waals surface area contributed by atoms with Crippen LogP contribution in [0.3, 0.4) is 0 Å². The normalized spacial score (nSPS) is 16.5. The average molecular weight is 188 g/mol. The minimum Gasteiger partial charge on any atom is -0.458 e. The zero-order chi connectivity index (χ0) is 10.6. The van der Waals surface area contributed by atoms with Crippen LogP contribution in [0.5, 0.6) is 0 Å². The van der Waals surface area contributed by atoms with Crippen LogP contribution in [0.25, 0.3) is 0 Å². The molecule has 0 amide bonds. The summed E-state index contributed by atoms with van der Waals surface area (Å²) in [5.74, 6) is -0.573. The van der Waals surface area contributed by atoms with Gasteiger partial charge in [-0.05, 0) is 26.7 Å². The molecule has 0 aromatic heterocycles. The minimum atomic E-state index is -0.996. The van der Waals surface area contributed by atoms with Crippen molar-refractivity contribution in [3.8, 4) is 0 Å². The first-order valence-electron chi connectivity index (χ1n) is 4.69. The molecule has 0 rings (SSSR count). The number of ether oxygens (including phenoxy) is 1. The number of carbonyl (C=O) groups excluding carboxylic acids is 1. The van der Waals surface area contributed by atoms with E-state index in [1.165, 1.54) is 0 Å². The average Bonchev–Trinajstić information content (AvgIpc) is 1.98. The van der Waals surface area contributed by atoms with Crippen LogP contribution in [0.4, 0.5) is 0 Å². The molecule has 0 unspecified atom stereocenters. The predicted octanol–water partition coefficient (Wildman–Crippen LogP) is 1.74. The third kappa shape index (κ3) is 4.88. The Morgan fingerprint density at radius 2 is 1.92 bits per heavy atom. The third-order valence-corrected chi connectivity index (χ3v) is 1.83. The second-order valence-corrected chi connectivity index (χ2v) is 4.36. The number of aliphatic hydroxyl groups is 1. The Kier molecular flexibility index (Phi) is 4.40. The molecule has 2 atom stereocenters. The van der Waals surface area contributed by atoms with Gasteiger partial charge in [0, 0.05) is 0 Å². The van der Waals surface area contributed by atoms with Gasteiger partial charge in [-0.2, -0.15) is 0 Å². The quantitative estimate of drug-likeness (QED) is 0.686. The summed E-state index contributed by atoms with van der Waals surface area (Å²) in [7, 11) is 0. The summed E-state index contributed by atoms with van der Waals surface area (Å²) in [6.45, 7) is 9.11. The fourth-order valence-electron chi connectivity index (χ4n) is 0.818. The van der Waals surface area contributed by atoms with Crippen LogP contribution in [0.15, 0.2) is 0 Å². The summed E-state index contributed by atoms with van der Waals surface area (Å²) in [6.07, 6.45) is -0.232. The highest BCUT2D eigenvalue weighted by Gasteiger charge is 2.26. The van der Waals surface area contributed by atoms with E-state index in [-0.39, 0.29) is 5.92 Å². The standard InChI is InChI=1S/C10H20O3/c1-6-7(2)8(11)9(12)13-10(3,4)5/h7-8,11H,6H2,1-5H3/t7-,8-/m0/s1. The van der Waals surface area contributed by atoms with Gasteiger partial charge < -0.3 is 9.84 Å². The highest BCUT2D eigenvalue weighted by Crippen LogP contribution is 2.14. The fraction of sp³-hybridized carbons (Fsp3) is 0.900. The lowest BCUT2D eigenvalue weighted by Gasteiger charge is -2.23. The van der Waals surface area contributed by atoms with Crippen LogP contribution in [0.2, 0.25) is 0 Å². The van der Waals surface area contributed by atoms with Crippen molar-refractivity contribution in [2.45, 2.75) is 52.7 Å². The van der Waals surface area contributed by atoms with Crippen molar-refractivity contribution >= 4 is 5.97 Å². The van der Waals surface area contributed by atoms with E-state index in [4.69, 9.17) is 4.74 Å². The van der Waals surface area contributed by atoms with E-state index in [0.717, 1.165) is 6.42 Å². The van der Waals surface area contributed by atoms with E-state index in [9.17, 15) is 9.90 Å². The van der Waals surface area contributed by atoms with E-state index in [1.807, 2.05) is 13.8 Å². The molecule has 1 N–H and O–H groups in total. The number of carbonyl (C=O) groups is 1. The monoisotopic (exact) mass is 188 g/mol. The van der Waals surface area contributed by atoms with E-state index in [0.29, 0.717) is 0 Å². The number of esters is 1. The minimum absolute atomic E-state index is 0.0464. The van der Waals surface area contributed by atoms with Crippen LogP contribution in [-0.4, -0.2) is 22.8 Å². The number of rotatable bonds is 3. The molecule has 0 aromatic rings. The van der Waals surface area contributed by atoms with Crippen molar-refractivity contribution in [3.63, 3.8) is 0 Å². The lowest BCUT2D eigenvalue weighted by atomic mass is 10.0. The van der Waals surface area contributed by atoms with Crippen LogP contribution >= 0.6 is 0 Å². The largest absolute Gasteiger partial charge is 0.458 e. The first-order valence-corrected chi connectivity index (χ1v) is 4.69. The van der Waals surface area contributed by atoms with Gasteiger partial charge in [0.2, 0.25) is 0 Å². The maximum absolute atomic E-state index is 11.3. The van der Waals surface area contributed by atoms with E-state index in [2.05, 4.69) is 0 Å². The molecular formula is C10H20O3. The topological polar surface area (TPSA) is 46.5 Å². The van der Waals surface area contributed by atoms with Gasteiger partial charge in [-0.1, -0.05) is 20.3 Å². The maximum Gasteiger partial charge on any atom is 0.335 e. The van der Waals surface area contributed by atoms with Gasteiger partial charge in [-0.3, -0.25) is 0 Å². The molecule has 0 saturated heterocycles. The van der Waals surface area contributed by atoms with Crippen LogP contribution in [0, 0.1) is 5.92 Å². The van der Waals surface area contributed by atoms with Crippen molar-refractivity contribution in [3.05, 3.63) is 0 Å². The van der Waals surface area contributed by atoms with Crippen molar-refractivity contribution in [2.24, 2.45) is 5.92 Å². The molecule has 0 radical (unpaired) electrons. The molecule has 0 aliphatic carbocycles. The smallest absolute Gasteiger partial charge is 0.335 e. The highest BCUT2D eigenvalue weighted by molar-refractivity contribution is 5.75. The Bertz CT molecular complexity index is 169. The molecule has 0 saturated carbocycles. The number of aliphatic hydroxyl groups excluding tert-OH is 1. The van der Waals surface area contributed by atoms with Crippen molar-refractivity contribution in [1.82, 2.24) is 0 Å². The van der Waals surface area contributed by atoms with Crippen molar-refractivity contribution < 1.29 is 14.6 Å². The SMILES string of the molecule is CC[C@H](C)[C@H](O)C(=O)OC(C)(C)C. The molecule has 0 aromatic carbocycles. The molecular weight excluding hydrogens is 168 g/mol. The highest BCUT2D eigenvalue weighted by atomic mass is 16.6. The van der Waals surface area contributed by atoms with Gasteiger partial charge in [-0.15, -0.1) is 0 Å². The zero-order valence-corrected chi connectivity index (χ0v) is 9.13. The first-order chi connectivity index (χ1) is 5.78. The second-order valence-electron chi connectivity index (χ2n) is 4.36. The van der Waals surface area contributed by atoms with E-state index >= 15 is 0 Å². The van der Waals surface area contributed by atoms with Gasteiger partial charge in [0.15, 0.2) is 6.10 Å². The summed E-state index contributed by atoms with van der Waals surface area (Å²) in [4.78, 5) is 11.3. The van der Waals surface area contributed by atoms with Crippen LogP contribution in [0.1, 0.15) is 41.0 Å². The Labute approximate surface area is 80.1 Å². The van der Waals surface area contributed by atoms with Gasteiger partial charge >= 0.3 is 5.97 Å². The number of hydrogen-bond acceptors (Lipinski definition) is 3. The Morgan fingerprint density at radius 3 is 2.23 bits per heavy atom. The molecule has 0 heterocycles. The second kappa shape index (κ2) is 4.61. The Morgan fingerprint density at radius 1 is 1.46 bits per heavy atom. The van der Waals surface area contributed by atoms with Crippen LogP contribution < -0.4 is 0 Å². The molecule has 78 valence electrons. The Balaban J connectivity index is 4.12. The fourth-order valence-corrected chi connectivity index (χ4v) is 0.818. The first kappa shape index (κ1) is 12.4. The summed E-state index contributed by atoms with van der Waals surface area (Å²) in [5, 5.41) is 9.48. The maximum atomic E-state index is 11.3. The van der Waals surface area contributed by atoms with Crippen molar-refractivity contribution in [1.29, 1.82) is 0 Å². The molecule has 0 bridgehead atoms. The molecule has 3 heteroatoms. The molecule has 0 aliphatic heterocycles. The summed E-state index contributed by atoms with van der Waals surface area (Å²) >= 11 is 0. The van der Waals surface area contributed by atoms with E-state index in [1.54, 1.807) is 20.8 Å². The summed E-state index contributed by atoms with van der Waals surface area (Å²) < 4.78 is 5.03. The van der Waals surface area contributed by atoms with Gasteiger partial charge in [0.05, 0.1) is 0 Å². The molecule has 13 heavy (non-hydrogen) atoms. The van der Waals surface area contributed by atoms with E-state index < -0.39 is 17.7 Å². The molecule has 0 spiro atoms. The molecule has 0 aliphatic rings. The number of hydrogen-bond donors (Lipinski definition) is 1. The molecule has 3 nitrogen and oxygen atoms in total. The van der Waals surface area contributed by atoms with Crippen molar-refractivity contribution in [2.75, 3.05) is 0 Å². The van der Waals surface area contributed by atoms with Gasteiger partial charge in [-0.25, -0.2) is 4.79 Å². The summed E-state index contributed by atoms with van der Waals surface area (Å²) in [6, 6.07) is 0. The third-order valence-electron chi connectivity index (χ3n) is 1.83. The lowest BCUT2D eigenvalue weighted by Crippen LogP contribution is -2.35. The summed E-state index contributed by atoms with van der Waals surface area (Å²) in [5.41, 5.74) is -0.522. The predicted molar refractivity (Wildman–Crippen MR) is 51.3 cm³/mol. The lowest BCUT2D eigenvalue weighted by molar-refractivity contribution is -0.167.